The fourth-order valence-electron chi connectivity index (χ4n) is 6.38. The Hall–Kier alpha value is -1.04. The van der Waals surface area contributed by atoms with Gasteiger partial charge in [-0.3, -0.25) is 0 Å². The summed E-state index contributed by atoms with van der Waals surface area (Å²) in [6.45, 7) is 11.0. The predicted octanol–water partition coefficient (Wildman–Crippen LogP) is 13.3. The summed E-state index contributed by atoms with van der Waals surface area (Å²) in [5.41, 5.74) is 4.06. The molecule has 1 heterocycles. The minimum atomic E-state index is 0.664. The highest BCUT2D eigenvalue weighted by molar-refractivity contribution is 4.95. The van der Waals surface area contributed by atoms with Crippen molar-refractivity contribution in [3.05, 3.63) is 42.2 Å². The highest BCUT2D eigenvalue weighted by Crippen LogP contribution is 2.41. The van der Waals surface area contributed by atoms with Gasteiger partial charge in [-0.1, -0.05) is 141 Å². The molecule has 0 amide bonds. The molecule has 1 saturated heterocycles. The molecule has 1 heteroatoms. The fourth-order valence-corrected chi connectivity index (χ4v) is 6.38. The van der Waals surface area contributed by atoms with Crippen LogP contribution in [0.1, 0.15) is 188 Å². The van der Waals surface area contributed by atoms with E-state index in [4.69, 9.17) is 0 Å². The van der Waals surface area contributed by atoms with E-state index in [0.717, 1.165) is 6.42 Å². The third-order valence-electron chi connectivity index (χ3n) is 9.10. The van der Waals surface area contributed by atoms with Gasteiger partial charge in [-0.05, 0) is 94.7 Å². The van der Waals surface area contributed by atoms with Crippen molar-refractivity contribution in [3.63, 3.8) is 0 Å². The SMILES string of the molecule is CCCC/C=C/C/C=C\CCCCCCCCC1(CCCCCCCCC=C=CCCCCC)CN(CCCC)C1. The summed E-state index contributed by atoms with van der Waals surface area (Å²) in [4.78, 5) is 2.75. The molecule has 1 aliphatic heterocycles. The lowest BCUT2D eigenvalue weighted by Gasteiger charge is -2.51. The van der Waals surface area contributed by atoms with Crippen LogP contribution in [0.25, 0.3) is 0 Å². The highest BCUT2D eigenvalue weighted by atomic mass is 15.2. The molecule has 0 saturated carbocycles. The Morgan fingerprint density at radius 1 is 0.488 bits per heavy atom. The third kappa shape index (κ3) is 23.1. The zero-order valence-electron chi connectivity index (χ0n) is 28.4. The summed E-state index contributed by atoms with van der Waals surface area (Å²) in [6.07, 6.45) is 49.4. The second-order valence-corrected chi connectivity index (χ2v) is 13.3. The first-order valence-corrected chi connectivity index (χ1v) is 18.7. The number of unbranched alkanes of at least 4 members (excludes halogenated alkanes) is 18. The van der Waals surface area contributed by atoms with Crippen molar-refractivity contribution in [3.8, 4) is 0 Å². The van der Waals surface area contributed by atoms with Crippen LogP contribution in [0.3, 0.4) is 0 Å². The molecule has 0 atom stereocenters. The quantitative estimate of drug-likeness (QED) is 0.0474. The van der Waals surface area contributed by atoms with Crippen molar-refractivity contribution >= 4 is 0 Å². The Balaban J connectivity index is 2.08. The van der Waals surface area contributed by atoms with Gasteiger partial charge in [0.2, 0.25) is 0 Å². The van der Waals surface area contributed by atoms with Crippen LogP contribution in [-0.4, -0.2) is 24.5 Å². The molecule has 0 bridgehead atoms. The van der Waals surface area contributed by atoms with Crippen molar-refractivity contribution in [2.24, 2.45) is 5.41 Å². The Kier molecular flexibility index (Phi) is 26.9. The molecule has 0 N–H and O–H groups in total. The van der Waals surface area contributed by atoms with E-state index >= 15 is 0 Å². The Bertz CT molecular complexity index is 658. The summed E-state index contributed by atoms with van der Waals surface area (Å²) >= 11 is 0. The van der Waals surface area contributed by atoms with E-state index in [-0.39, 0.29) is 0 Å². The molecule has 1 fully saturated rings. The summed E-state index contributed by atoms with van der Waals surface area (Å²) in [6, 6.07) is 0. The van der Waals surface area contributed by atoms with Crippen molar-refractivity contribution in [2.75, 3.05) is 19.6 Å². The molecule has 0 aliphatic carbocycles. The molecule has 1 nitrogen and oxygen atoms in total. The fraction of sp³-hybridized carbons (Fsp3) is 0.825. The number of nitrogens with zero attached hydrogens (tertiary/aromatic N) is 1. The summed E-state index contributed by atoms with van der Waals surface area (Å²) in [7, 11) is 0. The first-order chi connectivity index (χ1) is 20.3. The number of hydrogen-bond donors (Lipinski definition) is 0. The first kappa shape index (κ1) is 38.0. The molecule has 41 heavy (non-hydrogen) atoms. The lowest BCUT2D eigenvalue weighted by Crippen LogP contribution is -2.56. The second-order valence-electron chi connectivity index (χ2n) is 13.3. The molecular weight excluding hydrogens is 494 g/mol. The van der Waals surface area contributed by atoms with Crippen LogP contribution in [0.5, 0.6) is 0 Å². The van der Waals surface area contributed by atoms with Crippen molar-refractivity contribution in [1.82, 2.24) is 4.90 Å². The highest BCUT2D eigenvalue weighted by Gasteiger charge is 2.40. The van der Waals surface area contributed by atoms with E-state index in [1.54, 1.807) is 0 Å². The molecule has 0 aromatic heterocycles. The van der Waals surface area contributed by atoms with E-state index < -0.39 is 0 Å². The molecule has 0 radical (unpaired) electrons. The molecule has 1 aliphatic rings. The van der Waals surface area contributed by atoms with Gasteiger partial charge in [-0.25, -0.2) is 0 Å². The maximum absolute atomic E-state index is 3.39. The number of rotatable bonds is 30. The van der Waals surface area contributed by atoms with Crippen LogP contribution in [0.2, 0.25) is 0 Å². The molecular formula is C40H73N. The van der Waals surface area contributed by atoms with Crippen LogP contribution in [-0.2, 0) is 0 Å². The third-order valence-corrected chi connectivity index (χ3v) is 9.10. The van der Waals surface area contributed by atoms with Crippen LogP contribution >= 0.6 is 0 Å². The lowest BCUT2D eigenvalue weighted by atomic mass is 9.71. The van der Waals surface area contributed by atoms with Gasteiger partial charge in [-0.2, -0.15) is 0 Å². The maximum Gasteiger partial charge on any atom is 0.00505 e. The van der Waals surface area contributed by atoms with E-state index in [0.29, 0.717) is 5.41 Å². The van der Waals surface area contributed by atoms with Gasteiger partial charge in [0.15, 0.2) is 0 Å². The Labute approximate surface area is 259 Å². The summed E-state index contributed by atoms with van der Waals surface area (Å²) in [5, 5.41) is 0. The molecule has 1 rings (SSSR count). The van der Waals surface area contributed by atoms with Gasteiger partial charge in [-0.15, -0.1) is 5.73 Å². The summed E-state index contributed by atoms with van der Waals surface area (Å²) in [5.74, 6) is 0. The van der Waals surface area contributed by atoms with Crippen LogP contribution in [0.4, 0.5) is 0 Å². The van der Waals surface area contributed by atoms with E-state index in [9.17, 15) is 0 Å². The van der Waals surface area contributed by atoms with E-state index in [2.05, 4.69) is 67.9 Å². The summed E-state index contributed by atoms with van der Waals surface area (Å²) < 4.78 is 0. The Morgan fingerprint density at radius 2 is 0.951 bits per heavy atom. The number of likely N-dealkylation sites (tertiary alicyclic amines) is 1. The standard InChI is InChI=1S/C40H73N/c1-4-7-10-12-14-16-18-20-22-24-26-28-30-32-34-36-40(38-41(39-40)37-9-6-3)35-33-31-29-27-25-23-21-19-17-15-13-11-8-5-2/h12,14-15,18-20H,4-11,13,16,21-39H2,1-3H3/b14-12+,20-18-. The number of allylic oxidation sites excluding steroid dienone is 5. The minimum absolute atomic E-state index is 0.664. The zero-order valence-corrected chi connectivity index (χ0v) is 28.4. The van der Waals surface area contributed by atoms with Crippen LogP contribution < -0.4 is 0 Å². The van der Waals surface area contributed by atoms with Gasteiger partial charge >= 0.3 is 0 Å². The monoisotopic (exact) mass is 568 g/mol. The van der Waals surface area contributed by atoms with Gasteiger partial charge < -0.3 is 4.90 Å². The van der Waals surface area contributed by atoms with E-state index in [1.807, 2.05) is 0 Å². The topological polar surface area (TPSA) is 3.24 Å². The zero-order chi connectivity index (χ0) is 29.5. The van der Waals surface area contributed by atoms with Crippen molar-refractivity contribution in [1.29, 1.82) is 0 Å². The van der Waals surface area contributed by atoms with Crippen LogP contribution in [0, 0.1) is 5.41 Å². The normalized spacial score (nSPS) is 15.0. The molecule has 0 unspecified atom stereocenters. The van der Waals surface area contributed by atoms with Gasteiger partial charge in [0.25, 0.3) is 0 Å². The average Bonchev–Trinajstić information content (AvgIpc) is 2.96. The van der Waals surface area contributed by atoms with Gasteiger partial charge in [0.1, 0.15) is 0 Å². The Morgan fingerprint density at radius 3 is 1.51 bits per heavy atom. The molecule has 238 valence electrons. The van der Waals surface area contributed by atoms with Crippen molar-refractivity contribution in [2.45, 2.75) is 188 Å². The average molecular weight is 568 g/mol. The van der Waals surface area contributed by atoms with Gasteiger partial charge in [0, 0.05) is 13.1 Å². The van der Waals surface area contributed by atoms with Crippen LogP contribution in [0.15, 0.2) is 42.2 Å². The lowest BCUT2D eigenvalue weighted by molar-refractivity contribution is -0.0176. The molecule has 0 spiro atoms. The second kappa shape index (κ2) is 29.1. The molecule has 0 aromatic carbocycles. The van der Waals surface area contributed by atoms with Crippen molar-refractivity contribution < 1.29 is 0 Å². The maximum atomic E-state index is 3.39. The predicted molar refractivity (Wildman–Crippen MR) is 187 cm³/mol. The van der Waals surface area contributed by atoms with E-state index in [1.165, 1.54) is 180 Å². The van der Waals surface area contributed by atoms with Gasteiger partial charge in [0.05, 0.1) is 0 Å². The largest absolute Gasteiger partial charge is 0.302 e. The molecule has 0 aromatic rings. The minimum Gasteiger partial charge on any atom is -0.302 e. The first-order valence-electron chi connectivity index (χ1n) is 18.7. The smallest absolute Gasteiger partial charge is 0.00505 e. The number of hydrogen-bond acceptors (Lipinski definition) is 1.